The Bertz CT molecular complexity index is 993. The summed E-state index contributed by atoms with van der Waals surface area (Å²) in [7, 11) is 1.97. The normalized spacial score (nSPS) is 15.6. The molecule has 1 aliphatic carbocycles. The van der Waals surface area contributed by atoms with E-state index < -0.39 is 0 Å². The number of anilines is 1. The molecule has 138 valence electrons. The number of fused-ring (bicyclic) bond motifs is 2. The van der Waals surface area contributed by atoms with Crippen LogP contribution in [-0.4, -0.2) is 19.6 Å². The number of carbonyl (C=O) groups excluding carboxylic acids is 1. The fourth-order valence-electron chi connectivity index (χ4n) is 4.31. The van der Waals surface area contributed by atoms with E-state index in [0.29, 0.717) is 13.0 Å². The van der Waals surface area contributed by atoms with E-state index in [4.69, 9.17) is 4.74 Å². The summed E-state index contributed by atoms with van der Waals surface area (Å²) in [6.45, 7) is 2.30. The summed E-state index contributed by atoms with van der Waals surface area (Å²) < 4.78 is 5.18. The Kier molecular flexibility index (Phi) is 4.85. The van der Waals surface area contributed by atoms with Gasteiger partial charge in [-0.2, -0.15) is 0 Å². The molecule has 1 aliphatic rings. The molecule has 1 N–H and O–H groups in total. The van der Waals surface area contributed by atoms with Crippen LogP contribution in [0.4, 0.5) is 5.69 Å². The minimum Gasteiger partial charge on any atom is -0.466 e. The van der Waals surface area contributed by atoms with Crippen molar-refractivity contribution in [3.8, 4) is 11.1 Å². The molecular formula is C24H25NO2. The fraction of sp³-hybridized carbons (Fsp3) is 0.292. The summed E-state index contributed by atoms with van der Waals surface area (Å²) in [6.07, 6.45) is 2.47. The molecule has 0 saturated heterocycles. The van der Waals surface area contributed by atoms with Crippen molar-refractivity contribution in [3.05, 3.63) is 65.7 Å². The maximum Gasteiger partial charge on any atom is 0.306 e. The molecule has 27 heavy (non-hydrogen) atoms. The minimum absolute atomic E-state index is 0.0969. The molecule has 4 rings (SSSR count). The molecule has 0 heterocycles. The van der Waals surface area contributed by atoms with Crippen LogP contribution in [0.1, 0.15) is 36.8 Å². The van der Waals surface area contributed by atoms with Crippen LogP contribution in [0.3, 0.4) is 0 Å². The standard InChI is InChI=1S/C24H25NO2/c1-3-27-23(26)15-18-10-11-21-20(18)12-13-22(25-2)24(21)19-9-8-16-6-4-5-7-17(16)14-19/h4-9,12-14,18,25H,3,10-11,15H2,1-2H3. The Labute approximate surface area is 160 Å². The van der Waals surface area contributed by atoms with E-state index in [0.717, 1.165) is 18.5 Å². The molecule has 3 aromatic rings. The van der Waals surface area contributed by atoms with Gasteiger partial charge in [0.25, 0.3) is 0 Å². The van der Waals surface area contributed by atoms with Crippen LogP contribution in [0.15, 0.2) is 54.6 Å². The highest BCUT2D eigenvalue weighted by Gasteiger charge is 2.28. The monoisotopic (exact) mass is 359 g/mol. The molecule has 0 bridgehead atoms. The van der Waals surface area contributed by atoms with E-state index in [1.54, 1.807) is 0 Å². The van der Waals surface area contributed by atoms with Crippen LogP contribution >= 0.6 is 0 Å². The van der Waals surface area contributed by atoms with Crippen LogP contribution in [-0.2, 0) is 16.0 Å². The van der Waals surface area contributed by atoms with Gasteiger partial charge in [-0.15, -0.1) is 0 Å². The Balaban J connectivity index is 1.78. The molecule has 0 aliphatic heterocycles. The molecule has 1 unspecified atom stereocenters. The summed E-state index contributed by atoms with van der Waals surface area (Å²) in [5, 5.41) is 5.85. The van der Waals surface area contributed by atoms with Crippen molar-refractivity contribution in [2.75, 3.05) is 19.0 Å². The molecule has 0 spiro atoms. The molecule has 3 nitrogen and oxygen atoms in total. The van der Waals surface area contributed by atoms with Crippen molar-refractivity contribution in [2.45, 2.75) is 32.1 Å². The van der Waals surface area contributed by atoms with Gasteiger partial charge in [0.2, 0.25) is 0 Å². The highest BCUT2D eigenvalue weighted by atomic mass is 16.5. The maximum atomic E-state index is 12.0. The van der Waals surface area contributed by atoms with E-state index in [1.807, 2.05) is 14.0 Å². The van der Waals surface area contributed by atoms with Gasteiger partial charge < -0.3 is 10.1 Å². The van der Waals surface area contributed by atoms with Gasteiger partial charge in [0.1, 0.15) is 0 Å². The topological polar surface area (TPSA) is 38.3 Å². The van der Waals surface area contributed by atoms with Crippen LogP contribution < -0.4 is 5.32 Å². The smallest absolute Gasteiger partial charge is 0.306 e. The van der Waals surface area contributed by atoms with Crippen molar-refractivity contribution >= 4 is 22.4 Å². The van der Waals surface area contributed by atoms with E-state index in [-0.39, 0.29) is 11.9 Å². The quantitative estimate of drug-likeness (QED) is 0.609. The van der Waals surface area contributed by atoms with Crippen molar-refractivity contribution in [3.63, 3.8) is 0 Å². The first-order valence-corrected chi connectivity index (χ1v) is 9.69. The SMILES string of the molecule is CCOC(=O)CC1CCc2c1ccc(NC)c2-c1ccc2ccccc2c1. The first kappa shape index (κ1) is 17.6. The Hall–Kier alpha value is -2.81. The molecule has 0 amide bonds. The maximum absolute atomic E-state index is 12.0. The number of benzene rings is 3. The number of carbonyl (C=O) groups is 1. The zero-order valence-electron chi connectivity index (χ0n) is 15.9. The first-order valence-electron chi connectivity index (χ1n) is 9.69. The lowest BCUT2D eigenvalue weighted by atomic mass is 9.91. The third kappa shape index (κ3) is 3.30. The van der Waals surface area contributed by atoms with Crippen molar-refractivity contribution < 1.29 is 9.53 Å². The van der Waals surface area contributed by atoms with E-state index >= 15 is 0 Å². The average molecular weight is 359 g/mol. The molecule has 1 atom stereocenters. The minimum atomic E-state index is -0.0969. The second-order valence-electron chi connectivity index (χ2n) is 7.11. The van der Waals surface area contributed by atoms with E-state index in [1.165, 1.54) is 33.0 Å². The lowest BCUT2D eigenvalue weighted by Crippen LogP contribution is -2.08. The number of esters is 1. The predicted octanol–water partition coefficient (Wildman–Crippen LogP) is 5.53. The van der Waals surface area contributed by atoms with Gasteiger partial charge in [0, 0.05) is 18.3 Å². The zero-order chi connectivity index (χ0) is 18.8. The van der Waals surface area contributed by atoms with Crippen molar-refractivity contribution in [1.29, 1.82) is 0 Å². The largest absolute Gasteiger partial charge is 0.466 e. The Morgan fingerprint density at radius 1 is 1.11 bits per heavy atom. The molecule has 3 aromatic carbocycles. The number of ether oxygens (including phenoxy) is 1. The Morgan fingerprint density at radius 3 is 2.70 bits per heavy atom. The number of nitrogens with one attached hydrogen (secondary N) is 1. The highest BCUT2D eigenvalue weighted by molar-refractivity contribution is 5.91. The van der Waals surface area contributed by atoms with Crippen LogP contribution in [0.5, 0.6) is 0 Å². The summed E-state index contributed by atoms with van der Waals surface area (Å²) in [6, 6.07) is 19.4. The van der Waals surface area contributed by atoms with Gasteiger partial charge in [0.15, 0.2) is 0 Å². The summed E-state index contributed by atoms with van der Waals surface area (Å²) in [5.74, 6) is 0.157. The van der Waals surface area contributed by atoms with E-state index in [9.17, 15) is 4.79 Å². The lowest BCUT2D eigenvalue weighted by Gasteiger charge is -2.17. The Morgan fingerprint density at radius 2 is 1.93 bits per heavy atom. The molecule has 0 saturated carbocycles. The van der Waals surface area contributed by atoms with Crippen molar-refractivity contribution in [2.24, 2.45) is 0 Å². The molecule has 0 aromatic heterocycles. The summed E-state index contributed by atoms with van der Waals surface area (Å²) in [4.78, 5) is 12.0. The van der Waals surface area contributed by atoms with Crippen molar-refractivity contribution in [1.82, 2.24) is 0 Å². The second-order valence-corrected chi connectivity index (χ2v) is 7.11. The van der Waals surface area contributed by atoms with E-state index in [2.05, 4.69) is 59.9 Å². The van der Waals surface area contributed by atoms with Gasteiger partial charge >= 0.3 is 5.97 Å². The van der Waals surface area contributed by atoms with Gasteiger partial charge in [-0.25, -0.2) is 0 Å². The average Bonchev–Trinajstić information content (AvgIpc) is 3.09. The van der Waals surface area contributed by atoms with Gasteiger partial charge in [-0.05, 0) is 65.3 Å². The number of rotatable bonds is 5. The highest BCUT2D eigenvalue weighted by Crippen LogP contribution is 2.44. The first-order chi connectivity index (χ1) is 13.2. The second kappa shape index (κ2) is 7.43. The third-order valence-electron chi connectivity index (χ3n) is 5.56. The number of hydrogen-bond donors (Lipinski definition) is 1. The lowest BCUT2D eigenvalue weighted by molar-refractivity contribution is -0.143. The molecular weight excluding hydrogens is 334 g/mol. The van der Waals surface area contributed by atoms with Crippen LogP contribution in [0.25, 0.3) is 21.9 Å². The van der Waals surface area contributed by atoms with Gasteiger partial charge in [-0.3, -0.25) is 4.79 Å². The zero-order valence-corrected chi connectivity index (χ0v) is 15.9. The van der Waals surface area contributed by atoms with Crippen LogP contribution in [0, 0.1) is 0 Å². The van der Waals surface area contributed by atoms with Gasteiger partial charge in [-0.1, -0.05) is 42.5 Å². The summed E-state index contributed by atoms with van der Waals surface area (Å²) in [5.41, 5.74) is 6.30. The molecule has 0 fully saturated rings. The van der Waals surface area contributed by atoms with Gasteiger partial charge in [0.05, 0.1) is 13.0 Å². The molecule has 0 radical (unpaired) electrons. The fourth-order valence-corrected chi connectivity index (χ4v) is 4.31. The number of hydrogen-bond acceptors (Lipinski definition) is 3. The third-order valence-corrected chi connectivity index (χ3v) is 5.56. The van der Waals surface area contributed by atoms with Crippen LogP contribution in [0.2, 0.25) is 0 Å². The summed E-state index contributed by atoms with van der Waals surface area (Å²) >= 11 is 0. The molecule has 3 heteroatoms. The predicted molar refractivity (Wildman–Crippen MR) is 111 cm³/mol.